The summed E-state index contributed by atoms with van der Waals surface area (Å²) in [7, 11) is 3.88. The largest absolute Gasteiger partial charge is 0.355 e. The van der Waals surface area contributed by atoms with Gasteiger partial charge in [-0.3, -0.25) is 4.99 Å². The van der Waals surface area contributed by atoms with Crippen LogP contribution in [0.2, 0.25) is 5.02 Å². The van der Waals surface area contributed by atoms with Crippen LogP contribution < -0.4 is 4.90 Å². The van der Waals surface area contributed by atoms with E-state index in [-0.39, 0.29) is 0 Å². The first kappa shape index (κ1) is 16.5. The normalized spacial score (nSPS) is 18.0. The van der Waals surface area contributed by atoms with Crippen molar-refractivity contribution in [1.29, 1.82) is 0 Å². The number of pyridine rings is 1. The molecule has 0 saturated carbocycles. The summed E-state index contributed by atoms with van der Waals surface area (Å²) >= 11 is 5.92. The van der Waals surface area contributed by atoms with E-state index >= 15 is 0 Å². The summed E-state index contributed by atoms with van der Waals surface area (Å²) in [6.07, 6.45) is 4.59. The number of nitrogens with zero attached hydrogens (tertiary/aromatic N) is 5. The van der Waals surface area contributed by atoms with Crippen LogP contribution in [0.15, 0.2) is 40.6 Å². The molecule has 0 unspecified atom stereocenters. The molecule has 2 aromatic rings. The molecule has 0 bridgehead atoms. The predicted octanol–water partition coefficient (Wildman–Crippen LogP) is 2.98. The number of anilines is 1. The first-order valence-electron chi connectivity index (χ1n) is 7.84. The zero-order valence-electron chi connectivity index (χ0n) is 13.9. The van der Waals surface area contributed by atoms with E-state index < -0.39 is 0 Å². The number of halogens is 1. The quantitative estimate of drug-likeness (QED) is 0.685. The Morgan fingerprint density at radius 3 is 2.96 bits per heavy atom. The van der Waals surface area contributed by atoms with Crippen LogP contribution in [-0.4, -0.2) is 60.6 Å². The molecule has 3 rings (SSSR count). The number of H-pyrrole nitrogens is 1. The second kappa shape index (κ2) is 7.05. The zero-order chi connectivity index (χ0) is 17.1. The van der Waals surface area contributed by atoms with Gasteiger partial charge < -0.3 is 14.8 Å². The van der Waals surface area contributed by atoms with Gasteiger partial charge in [0.25, 0.3) is 0 Å². The van der Waals surface area contributed by atoms with Gasteiger partial charge in [0.15, 0.2) is 0 Å². The number of likely N-dealkylation sites (tertiary alicyclic amines) is 1. The van der Waals surface area contributed by atoms with E-state index in [0.717, 1.165) is 42.5 Å². The highest BCUT2D eigenvalue weighted by molar-refractivity contribution is 6.30. The summed E-state index contributed by atoms with van der Waals surface area (Å²) < 4.78 is 0. The van der Waals surface area contributed by atoms with Crippen LogP contribution in [0, 0.1) is 0 Å². The van der Waals surface area contributed by atoms with Crippen LogP contribution in [0.4, 0.5) is 11.6 Å². The number of amidine groups is 1. The molecule has 6 nitrogen and oxygen atoms in total. The van der Waals surface area contributed by atoms with Crippen molar-refractivity contribution in [1.82, 2.24) is 14.9 Å². The Labute approximate surface area is 146 Å². The van der Waals surface area contributed by atoms with E-state index in [4.69, 9.17) is 11.6 Å². The molecule has 1 aliphatic rings. The molecule has 0 spiro atoms. The highest BCUT2D eigenvalue weighted by Gasteiger charge is 2.29. The van der Waals surface area contributed by atoms with E-state index in [1.807, 2.05) is 31.4 Å². The van der Waals surface area contributed by atoms with Gasteiger partial charge in [-0.15, -0.1) is 0 Å². The lowest BCUT2D eigenvalue weighted by Crippen LogP contribution is -2.37. The molecule has 126 valence electrons. The number of rotatable bonds is 4. The van der Waals surface area contributed by atoms with Crippen LogP contribution in [0.3, 0.4) is 0 Å². The molecule has 1 fully saturated rings. The van der Waals surface area contributed by atoms with Crippen LogP contribution in [0.1, 0.15) is 12.0 Å². The maximum Gasteiger partial charge on any atom is 0.140 e. The maximum absolute atomic E-state index is 5.92. The average molecular weight is 345 g/mol. The molecule has 1 aliphatic heterocycles. The molecule has 1 atom stereocenters. The first-order valence-corrected chi connectivity index (χ1v) is 8.22. The highest BCUT2D eigenvalue weighted by atomic mass is 35.5. The van der Waals surface area contributed by atoms with Crippen molar-refractivity contribution in [3.05, 3.63) is 41.2 Å². The Balaban J connectivity index is 1.74. The number of aromatic amines is 1. The minimum absolute atomic E-state index is 0.370. The van der Waals surface area contributed by atoms with E-state index in [1.165, 1.54) is 0 Å². The third-order valence-electron chi connectivity index (χ3n) is 4.42. The van der Waals surface area contributed by atoms with Crippen molar-refractivity contribution < 1.29 is 0 Å². The zero-order valence-corrected chi connectivity index (χ0v) is 14.7. The molecule has 3 heterocycles. The van der Waals surface area contributed by atoms with Crippen LogP contribution in [0.5, 0.6) is 0 Å². The number of nitrogens with one attached hydrogen (secondary N) is 1. The number of hydrogen-bond acceptors (Lipinski definition) is 4. The van der Waals surface area contributed by atoms with Gasteiger partial charge in [-0.1, -0.05) is 11.6 Å². The number of likely N-dealkylation sites (N-methyl/N-ethyl adjacent to an activating group) is 1. The summed E-state index contributed by atoms with van der Waals surface area (Å²) in [4.78, 5) is 20.5. The fourth-order valence-corrected chi connectivity index (χ4v) is 3.23. The fourth-order valence-electron chi connectivity index (χ4n) is 3.12. The van der Waals surface area contributed by atoms with Crippen molar-refractivity contribution in [2.24, 2.45) is 9.98 Å². The van der Waals surface area contributed by atoms with Crippen molar-refractivity contribution >= 4 is 35.8 Å². The number of aliphatic imine (C=N–C) groups is 2. The third-order valence-corrected chi connectivity index (χ3v) is 4.64. The van der Waals surface area contributed by atoms with Gasteiger partial charge >= 0.3 is 0 Å². The summed E-state index contributed by atoms with van der Waals surface area (Å²) in [6, 6.07) is 6.18. The van der Waals surface area contributed by atoms with Crippen molar-refractivity contribution in [3.63, 3.8) is 0 Å². The topological polar surface area (TPSA) is 59.9 Å². The Morgan fingerprint density at radius 1 is 1.46 bits per heavy atom. The Kier molecular flexibility index (Phi) is 4.85. The van der Waals surface area contributed by atoms with E-state index in [2.05, 4.69) is 43.5 Å². The van der Waals surface area contributed by atoms with E-state index in [1.54, 1.807) is 6.20 Å². The van der Waals surface area contributed by atoms with Crippen molar-refractivity contribution in [2.75, 3.05) is 32.1 Å². The Hall–Kier alpha value is -2.34. The van der Waals surface area contributed by atoms with Crippen molar-refractivity contribution in [3.8, 4) is 0 Å². The highest BCUT2D eigenvalue weighted by Crippen LogP contribution is 2.25. The van der Waals surface area contributed by atoms with Gasteiger partial charge in [0, 0.05) is 45.6 Å². The molecule has 0 aromatic carbocycles. The lowest BCUT2D eigenvalue weighted by atomic mass is 10.2. The van der Waals surface area contributed by atoms with Gasteiger partial charge in [0.1, 0.15) is 17.5 Å². The fraction of sp³-hybridized carbons (Fsp3) is 0.353. The minimum atomic E-state index is 0.370. The Morgan fingerprint density at radius 2 is 2.29 bits per heavy atom. The van der Waals surface area contributed by atoms with Gasteiger partial charge in [-0.05, 0) is 31.3 Å². The minimum Gasteiger partial charge on any atom is -0.355 e. The van der Waals surface area contributed by atoms with E-state index in [0.29, 0.717) is 11.1 Å². The summed E-state index contributed by atoms with van der Waals surface area (Å²) in [5.74, 6) is 2.63. The molecule has 0 amide bonds. The molecule has 7 heteroatoms. The lowest BCUT2D eigenvalue weighted by Gasteiger charge is -2.26. The van der Waals surface area contributed by atoms with Crippen LogP contribution >= 0.6 is 11.6 Å². The molecule has 1 saturated heterocycles. The Bertz CT molecular complexity index is 736. The van der Waals surface area contributed by atoms with E-state index in [9.17, 15) is 0 Å². The molecule has 24 heavy (non-hydrogen) atoms. The van der Waals surface area contributed by atoms with Gasteiger partial charge in [0.05, 0.1) is 10.6 Å². The molecular weight excluding hydrogens is 324 g/mol. The van der Waals surface area contributed by atoms with Gasteiger partial charge in [0.2, 0.25) is 0 Å². The summed E-state index contributed by atoms with van der Waals surface area (Å²) in [6.45, 7) is 5.44. The second-order valence-corrected chi connectivity index (χ2v) is 6.22. The third kappa shape index (κ3) is 3.14. The monoisotopic (exact) mass is 344 g/mol. The number of aromatic nitrogens is 2. The summed E-state index contributed by atoms with van der Waals surface area (Å²) in [5, 5.41) is 0.650. The molecular formula is C17H21ClN6. The predicted molar refractivity (Wildman–Crippen MR) is 100 cm³/mol. The molecule has 1 N–H and O–H groups in total. The van der Waals surface area contributed by atoms with Gasteiger partial charge in [-0.25, -0.2) is 9.98 Å². The SMILES string of the molecule is C=Nc1[nH]ccc1C(=NC)N1CC[C@@H](N(C)c2ccc(Cl)cn2)C1. The van der Waals surface area contributed by atoms with Crippen LogP contribution in [-0.2, 0) is 0 Å². The number of hydrogen-bond donors (Lipinski definition) is 1. The first-order chi connectivity index (χ1) is 11.6. The average Bonchev–Trinajstić information content (AvgIpc) is 3.25. The van der Waals surface area contributed by atoms with Gasteiger partial charge in [-0.2, -0.15) is 0 Å². The molecule has 2 aromatic heterocycles. The lowest BCUT2D eigenvalue weighted by molar-refractivity contribution is 0.505. The maximum atomic E-state index is 5.92. The summed E-state index contributed by atoms with van der Waals surface area (Å²) in [5.41, 5.74) is 0.987. The van der Waals surface area contributed by atoms with Crippen molar-refractivity contribution in [2.45, 2.75) is 12.5 Å². The standard InChI is InChI=1S/C17H21ClN6/c1-19-16-14(6-8-21-16)17(20-2)24-9-7-13(11-24)23(3)15-5-4-12(18)10-22-15/h4-6,8,10,13,21H,1,7,9,11H2,2-3H3/t13-/m1/s1. The van der Waals surface area contributed by atoms with Crippen LogP contribution in [0.25, 0.3) is 0 Å². The second-order valence-electron chi connectivity index (χ2n) is 5.78. The molecule has 0 radical (unpaired) electrons. The smallest absolute Gasteiger partial charge is 0.140 e. The molecule has 0 aliphatic carbocycles.